The van der Waals surface area contributed by atoms with Gasteiger partial charge in [0.05, 0.1) is 11.4 Å². The van der Waals surface area contributed by atoms with E-state index in [0.717, 1.165) is 22.7 Å². The number of nitrogens with one attached hydrogen (secondary N) is 1. The average molecular weight is 302 g/mol. The van der Waals surface area contributed by atoms with Gasteiger partial charge < -0.3 is 10.2 Å². The molecule has 0 saturated heterocycles. The Morgan fingerprint density at radius 2 is 1.13 bits per heavy atom. The van der Waals surface area contributed by atoms with Crippen LogP contribution in [-0.2, 0) is 0 Å². The predicted molar refractivity (Wildman–Crippen MR) is 99.9 cm³/mol. The Hall–Kier alpha value is -2.74. The minimum atomic E-state index is 0.379. The molecular formula is C21H22N2. The van der Waals surface area contributed by atoms with Crippen LogP contribution in [0.3, 0.4) is 0 Å². The summed E-state index contributed by atoms with van der Waals surface area (Å²) in [6.07, 6.45) is 0. The number of para-hydroxylation sites is 4. The van der Waals surface area contributed by atoms with E-state index in [-0.39, 0.29) is 0 Å². The fourth-order valence-electron chi connectivity index (χ4n) is 2.68. The van der Waals surface area contributed by atoms with Crippen LogP contribution in [0.25, 0.3) is 0 Å². The molecule has 3 aromatic carbocycles. The molecule has 0 aliphatic rings. The van der Waals surface area contributed by atoms with Crippen molar-refractivity contribution in [2.24, 2.45) is 0 Å². The standard InChI is InChI=1S/C21H22N2/c1-17(2)22-20-15-9-10-16-21(20)23(18-11-5-3-6-12-18)19-13-7-4-8-14-19/h3-17,22H,1-2H3. The Kier molecular flexibility index (Phi) is 4.62. The zero-order valence-electron chi connectivity index (χ0n) is 13.6. The van der Waals surface area contributed by atoms with E-state index in [9.17, 15) is 0 Å². The third-order valence-corrected chi connectivity index (χ3v) is 3.62. The van der Waals surface area contributed by atoms with E-state index >= 15 is 0 Å². The highest BCUT2D eigenvalue weighted by Crippen LogP contribution is 2.38. The zero-order valence-corrected chi connectivity index (χ0v) is 13.6. The molecule has 1 N–H and O–H groups in total. The van der Waals surface area contributed by atoms with E-state index in [1.54, 1.807) is 0 Å². The Labute approximate surface area is 138 Å². The molecule has 0 aromatic heterocycles. The van der Waals surface area contributed by atoms with Crippen molar-refractivity contribution in [1.29, 1.82) is 0 Å². The second-order valence-corrected chi connectivity index (χ2v) is 5.82. The lowest BCUT2D eigenvalue weighted by Crippen LogP contribution is -2.16. The molecule has 0 spiro atoms. The normalized spacial score (nSPS) is 10.6. The predicted octanol–water partition coefficient (Wildman–Crippen LogP) is 5.98. The lowest BCUT2D eigenvalue weighted by Gasteiger charge is -2.28. The first-order valence-corrected chi connectivity index (χ1v) is 8.01. The van der Waals surface area contributed by atoms with Gasteiger partial charge in [0.25, 0.3) is 0 Å². The van der Waals surface area contributed by atoms with Crippen molar-refractivity contribution in [3.63, 3.8) is 0 Å². The topological polar surface area (TPSA) is 15.3 Å². The lowest BCUT2D eigenvalue weighted by atomic mass is 10.1. The first-order valence-electron chi connectivity index (χ1n) is 8.01. The van der Waals surface area contributed by atoms with Crippen LogP contribution >= 0.6 is 0 Å². The second-order valence-electron chi connectivity index (χ2n) is 5.82. The second kappa shape index (κ2) is 7.01. The molecule has 2 nitrogen and oxygen atoms in total. The summed E-state index contributed by atoms with van der Waals surface area (Å²) in [5.74, 6) is 0. The monoisotopic (exact) mass is 302 g/mol. The van der Waals surface area contributed by atoms with E-state index < -0.39 is 0 Å². The molecule has 3 aromatic rings. The summed E-state index contributed by atoms with van der Waals surface area (Å²) in [5.41, 5.74) is 4.59. The van der Waals surface area contributed by atoms with E-state index in [1.807, 2.05) is 12.1 Å². The highest BCUT2D eigenvalue weighted by atomic mass is 15.2. The van der Waals surface area contributed by atoms with Gasteiger partial charge in [0.1, 0.15) is 0 Å². The van der Waals surface area contributed by atoms with Crippen molar-refractivity contribution in [3.8, 4) is 0 Å². The van der Waals surface area contributed by atoms with Gasteiger partial charge in [-0.25, -0.2) is 0 Å². The van der Waals surface area contributed by atoms with E-state index in [4.69, 9.17) is 0 Å². The summed E-state index contributed by atoms with van der Waals surface area (Å²) in [5, 5.41) is 3.55. The molecule has 0 atom stereocenters. The number of anilines is 4. The molecule has 0 fully saturated rings. The molecule has 0 radical (unpaired) electrons. The minimum Gasteiger partial charge on any atom is -0.381 e. The van der Waals surface area contributed by atoms with E-state index in [1.165, 1.54) is 0 Å². The summed E-state index contributed by atoms with van der Waals surface area (Å²) in [4.78, 5) is 2.28. The van der Waals surface area contributed by atoms with Gasteiger partial charge in [0, 0.05) is 17.4 Å². The number of hydrogen-bond donors (Lipinski definition) is 1. The first kappa shape index (κ1) is 15.2. The number of rotatable bonds is 5. The molecule has 116 valence electrons. The third kappa shape index (κ3) is 3.54. The van der Waals surface area contributed by atoms with Crippen molar-refractivity contribution < 1.29 is 0 Å². The Bertz CT molecular complexity index is 697. The van der Waals surface area contributed by atoms with Crippen LogP contribution in [0.2, 0.25) is 0 Å². The molecule has 0 aliphatic carbocycles. The number of hydrogen-bond acceptors (Lipinski definition) is 2. The first-order chi connectivity index (χ1) is 11.3. The van der Waals surface area contributed by atoms with Crippen LogP contribution in [0.5, 0.6) is 0 Å². The summed E-state index contributed by atoms with van der Waals surface area (Å²) in [6, 6.07) is 29.8. The van der Waals surface area contributed by atoms with Gasteiger partial charge in [-0.05, 0) is 50.2 Å². The van der Waals surface area contributed by atoms with Gasteiger partial charge in [-0.3, -0.25) is 0 Å². The van der Waals surface area contributed by atoms with Crippen LogP contribution in [0, 0.1) is 0 Å². The Balaban J connectivity index is 2.14. The maximum absolute atomic E-state index is 3.55. The molecule has 23 heavy (non-hydrogen) atoms. The van der Waals surface area contributed by atoms with Crippen LogP contribution in [-0.4, -0.2) is 6.04 Å². The van der Waals surface area contributed by atoms with Crippen LogP contribution in [0.4, 0.5) is 22.7 Å². The van der Waals surface area contributed by atoms with Crippen LogP contribution in [0.1, 0.15) is 13.8 Å². The average Bonchev–Trinajstić information content (AvgIpc) is 2.58. The highest BCUT2D eigenvalue weighted by Gasteiger charge is 2.15. The fourth-order valence-corrected chi connectivity index (χ4v) is 2.68. The Morgan fingerprint density at radius 3 is 1.65 bits per heavy atom. The van der Waals surface area contributed by atoms with Gasteiger partial charge in [-0.15, -0.1) is 0 Å². The largest absolute Gasteiger partial charge is 0.381 e. The molecule has 0 aliphatic heterocycles. The van der Waals surface area contributed by atoms with Gasteiger partial charge in [-0.1, -0.05) is 48.5 Å². The molecule has 0 bridgehead atoms. The quantitative estimate of drug-likeness (QED) is 0.624. The summed E-state index contributed by atoms with van der Waals surface area (Å²) >= 11 is 0. The summed E-state index contributed by atoms with van der Waals surface area (Å²) in [6.45, 7) is 4.32. The van der Waals surface area contributed by atoms with Gasteiger partial charge in [0.15, 0.2) is 0 Å². The zero-order chi connectivity index (χ0) is 16.1. The highest BCUT2D eigenvalue weighted by molar-refractivity contribution is 5.84. The van der Waals surface area contributed by atoms with Gasteiger partial charge in [0.2, 0.25) is 0 Å². The van der Waals surface area contributed by atoms with Gasteiger partial charge in [-0.2, -0.15) is 0 Å². The molecule has 2 heteroatoms. The fraction of sp³-hybridized carbons (Fsp3) is 0.143. The summed E-state index contributed by atoms with van der Waals surface area (Å²) in [7, 11) is 0. The van der Waals surface area contributed by atoms with Crippen molar-refractivity contribution in [2.75, 3.05) is 10.2 Å². The number of nitrogens with zero attached hydrogens (tertiary/aromatic N) is 1. The van der Waals surface area contributed by atoms with Crippen molar-refractivity contribution >= 4 is 22.7 Å². The van der Waals surface area contributed by atoms with Crippen LogP contribution < -0.4 is 10.2 Å². The van der Waals surface area contributed by atoms with Crippen molar-refractivity contribution in [3.05, 3.63) is 84.9 Å². The van der Waals surface area contributed by atoms with E-state index in [0.29, 0.717) is 6.04 Å². The van der Waals surface area contributed by atoms with Gasteiger partial charge >= 0.3 is 0 Å². The number of benzene rings is 3. The molecule has 0 heterocycles. The summed E-state index contributed by atoms with van der Waals surface area (Å²) < 4.78 is 0. The maximum atomic E-state index is 3.55. The molecule has 3 rings (SSSR count). The third-order valence-electron chi connectivity index (χ3n) is 3.62. The molecular weight excluding hydrogens is 280 g/mol. The molecule has 0 unspecified atom stereocenters. The lowest BCUT2D eigenvalue weighted by molar-refractivity contribution is 0.899. The Morgan fingerprint density at radius 1 is 0.652 bits per heavy atom. The smallest absolute Gasteiger partial charge is 0.0693 e. The minimum absolute atomic E-state index is 0.379. The molecule has 0 amide bonds. The van der Waals surface area contributed by atoms with Crippen molar-refractivity contribution in [2.45, 2.75) is 19.9 Å². The maximum Gasteiger partial charge on any atom is 0.0693 e. The van der Waals surface area contributed by atoms with Crippen molar-refractivity contribution in [1.82, 2.24) is 0 Å². The SMILES string of the molecule is CC(C)Nc1ccccc1N(c1ccccc1)c1ccccc1. The molecule has 0 saturated carbocycles. The van der Waals surface area contributed by atoms with E-state index in [2.05, 4.69) is 96.9 Å². The van der Waals surface area contributed by atoms with Crippen LogP contribution in [0.15, 0.2) is 84.9 Å².